The smallest absolute Gasteiger partial charge is 0.123 e. The van der Waals surface area contributed by atoms with E-state index in [-0.39, 0.29) is 5.82 Å². The van der Waals surface area contributed by atoms with Gasteiger partial charge in [0.25, 0.3) is 0 Å². The van der Waals surface area contributed by atoms with Crippen molar-refractivity contribution in [2.75, 3.05) is 0 Å². The second-order valence-corrected chi connectivity index (χ2v) is 14.1. The van der Waals surface area contributed by atoms with Crippen LogP contribution in [0.4, 0.5) is 4.39 Å². The zero-order valence-corrected chi connectivity index (χ0v) is 28.8. The molecular weight excluding hydrogens is 644 g/mol. The molecule has 0 unspecified atom stereocenters. The second-order valence-electron chi connectivity index (χ2n) is 14.1. The van der Waals surface area contributed by atoms with E-state index in [4.69, 9.17) is 0 Å². The van der Waals surface area contributed by atoms with E-state index in [2.05, 4.69) is 164 Å². The molecular formula is C52H31F. The highest BCUT2D eigenvalue weighted by atomic mass is 19.1. The van der Waals surface area contributed by atoms with E-state index < -0.39 is 0 Å². The van der Waals surface area contributed by atoms with Crippen molar-refractivity contribution in [2.45, 2.75) is 0 Å². The Bertz CT molecular complexity index is 3110. The number of halogens is 1. The third-order valence-electron chi connectivity index (χ3n) is 11.3. The predicted octanol–water partition coefficient (Wildman–Crippen LogP) is 14.9. The molecule has 1 heteroatoms. The molecule has 0 heterocycles. The van der Waals surface area contributed by atoms with Crippen LogP contribution in [0.1, 0.15) is 0 Å². The molecule has 0 nitrogen and oxygen atoms in total. The van der Waals surface area contributed by atoms with Crippen molar-refractivity contribution in [3.63, 3.8) is 0 Å². The lowest BCUT2D eigenvalue weighted by molar-refractivity contribution is 0.628. The lowest BCUT2D eigenvalue weighted by Gasteiger charge is -2.22. The van der Waals surface area contributed by atoms with E-state index in [0.29, 0.717) is 0 Å². The summed E-state index contributed by atoms with van der Waals surface area (Å²) in [5.74, 6) is -0.236. The maximum atomic E-state index is 14.4. The Morgan fingerprint density at radius 3 is 1.00 bits per heavy atom. The van der Waals surface area contributed by atoms with Gasteiger partial charge in [-0.2, -0.15) is 0 Å². The Balaban J connectivity index is 1.36. The minimum Gasteiger partial charge on any atom is -0.207 e. The van der Waals surface area contributed by atoms with Gasteiger partial charge >= 0.3 is 0 Å². The third-order valence-corrected chi connectivity index (χ3v) is 11.3. The fourth-order valence-electron chi connectivity index (χ4n) is 8.91. The van der Waals surface area contributed by atoms with Crippen LogP contribution in [-0.4, -0.2) is 0 Å². The van der Waals surface area contributed by atoms with Crippen LogP contribution in [-0.2, 0) is 0 Å². The van der Waals surface area contributed by atoms with E-state index in [1.165, 1.54) is 92.6 Å². The molecule has 0 bridgehead atoms. The van der Waals surface area contributed by atoms with Crippen molar-refractivity contribution < 1.29 is 4.39 Å². The first-order valence-electron chi connectivity index (χ1n) is 18.2. The Hall–Kier alpha value is -6.83. The first-order chi connectivity index (χ1) is 26.2. The summed E-state index contributed by atoms with van der Waals surface area (Å²) in [7, 11) is 0. The van der Waals surface area contributed by atoms with Gasteiger partial charge in [0.05, 0.1) is 0 Å². The third kappa shape index (κ3) is 4.54. The highest BCUT2D eigenvalue weighted by Crippen LogP contribution is 2.50. The van der Waals surface area contributed by atoms with Gasteiger partial charge in [-0.15, -0.1) is 0 Å². The van der Waals surface area contributed by atoms with Gasteiger partial charge in [0.1, 0.15) is 5.82 Å². The number of fused-ring (bicyclic) bond motifs is 3. The van der Waals surface area contributed by atoms with Crippen LogP contribution < -0.4 is 0 Å². The summed E-state index contributed by atoms with van der Waals surface area (Å²) in [6.07, 6.45) is 0. The van der Waals surface area contributed by atoms with Crippen LogP contribution in [0.2, 0.25) is 0 Å². The first kappa shape index (κ1) is 29.9. The summed E-state index contributed by atoms with van der Waals surface area (Å²) in [4.78, 5) is 0. The van der Waals surface area contributed by atoms with Gasteiger partial charge in [-0.25, -0.2) is 4.39 Å². The fraction of sp³-hybridized carbons (Fsp3) is 0. The van der Waals surface area contributed by atoms with Gasteiger partial charge in [0.15, 0.2) is 0 Å². The van der Waals surface area contributed by atoms with Gasteiger partial charge in [-0.05, 0) is 133 Å². The molecule has 0 aliphatic rings. The lowest BCUT2D eigenvalue weighted by atomic mass is 9.80. The Morgan fingerprint density at radius 2 is 0.585 bits per heavy atom. The average Bonchev–Trinajstić information content (AvgIpc) is 3.22. The molecule has 0 amide bonds. The van der Waals surface area contributed by atoms with Crippen LogP contribution >= 0.6 is 0 Å². The summed E-state index contributed by atoms with van der Waals surface area (Å²) in [6.45, 7) is 0. The van der Waals surface area contributed by atoms with Crippen molar-refractivity contribution in [3.05, 3.63) is 194 Å². The van der Waals surface area contributed by atoms with Crippen LogP contribution in [0.25, 0.3) is 109 Å². The number of rotatable bonds is 4. The van der Waals surface area contributed by atoms with Crippen molar-refractivity contribution >= 4 is 64.6 Å². The first-order valence-corrected chi connectivity index (χ1v) is 18.2. The molecule has 11 aromatic rings. The average molecular weight is 675 g/mol. The Kier molecular flexibility index (Phi) is 6.53. The van der Waals surface area contributed by atoms with Gasteiger partial charge in [0.2, 0.25) is 0 Å². The largest absolute Gasteiger partial charge is 0.207 e. The van der Waals surface area contributed by atoms with Crippen LogP contribution in [0, 0.1) is 5.82 Å². The molecule has 246 valence electrons. The highest BCUT2D eigenvalue weighted by Gasteiger charge is 2.22. The molecule has 0 aromatic heterocycles. The maximum absolute atomic E-state index is 14.4. The monoisotopic (exact) mass is 674 g/mol. The van der Waals surface area contributed by atoms with Gasteiger partial charge in [0, 0.05) is 0 Å². The molecule has 0 fully saturated rings. The van der Waals surface area contributed by atoms with Gasteiger partial charge < -0.3 is 0 Å². The predicted molar refractivity (Wildman–Crippen MR) is 224 cm³/mol. The Morgan fingerprint density at radius 1 is 0.245 bits per heavy atom. The zero-order chi connectivity index (χ0) is 35.0. The molecule has 0 atom stereocenters. The summed E-state index contributed by atoms with van der Waals surface area (Å²) in [5, 5.41) is 14.6. The normalized spacial score (nSPS) is 11.9. The van der Waals surface area contributed by atoms with Crippen LogP contribution in [0.5, 0.6) is 0 Å². The van der Waals surface area contributed by atoms with Crippen molar-refractivity contribution in [3.8, 4) is 44.5 Å². The minimum atomic E-state index is -0.236. The standard InChI is InChI=1S/C52H31F/c53-36-24-22-35(23-25-36)47-30-48(40-19-7-13-32-10-1-4-16-37(32)40)44-28-29-46-50(42-21-9-15-34-12-3-6-18-39(34)42)31-49(45-27-26-43(47)51(44)52(45)46)41-20-8-14-33-11-2-5-17-38(33)41/h1-31H. The van der Waals surface area contributed by atoms with Crippen molar-refractivity contribution in [1.29, 1.82) is 0 Å². The van der Waals surface area contributed by atoms with E-state index >= 15 is 0 Å². The summed E-state index contributed by atoms with van der Waals surface area (Å²) < 4.78 is 14.4. The zero-order valence-electron chi connectivity index (χ0n) is 28.8. The van der Waals surface area contributed by atoms with Crippen molar-refractivity contribution in [2.24, 2.45) is 0 Å². The van der Waals surface area contributed by atoms with E-state index in [1.807, 2.05) is 12.1 Å². The molecule has 0 aliphatic heterocycles. The summed E-state index contributed by atoms with van der Waals surface area (Å²) >= 11 is 0. The Labute approximate surface area is 306 Å². The summed E-state index contributed by atoms with van der Waals surface area (Å²) in [6, 6.07) is 66.9. The molecule has 0 saturated heterocycles. The van der Waals surface area contributed by atoms with Gasteiger partial charge in [-0.3, -0.25) is 0 Å². The minimum absolute atomic E-state index is 0.236. The molecule has 0 spiro atoms. The number of benzene rings is 11. The molecule has 0 aliphatic carbocycles. The van der Waals surface area contributed by atoms with Crippen molar-refractivity contribution in [1.82, 2.24) is 0 Å². The lowest BCUT2D eigenvalue weighted by Crippen LogP contribution is -1.95. The molecule has 0 saturated carbocycles. The van der Waals surface area contributed by atoms with Crippen LogP contribution in [0.3, 0.4) is 0 Å². The summed E-state index contributed by atoms with van der Waals surface area (Å²) in [5.41, 5.74) is 9.31. The quantitative estimate of drug-likeness (QED) is 0.163. The maximum Gasteiger partial charge on any atom is 0.123 e. The number of hydrogen-bond acceptors (Lipinski definition) is 0. The molecule has 11 rings (SSSR count). The number of hydrogen-bond donors (Lipinski definition) is 0. The molecule has 0 radical (unpaired) electrons. The van der Waals surface area contributed by atoms with Gasteiger partial charge in [-0.1, -0.05) is 164 Å². The molecule has 11 aromatic carbocycles. The van der Waals surface area contributed by atoms with Crippen LogP contribution in [0.15, 0.2) is 188 Å². The van der Waals surface area contributed by atoms with E-state index in [1.54, 1.807) is 12.1 Å². The topological polar surface area (TPSA) is 0 Å². The second kappa shape index (κ2) is 11.6. The van der Waals surface area contributed by atoms with E-state index in [0.717, 1.165) is 16.5 Å². The molecule has 0 N–H and O–H groups in total. The SMILES string of the molecule is Fc1ccc(-c2cc(-c3cccc4ccccc34)c3ccc4c(-c5cccc6ccccc56)cc(-c5cccc6ccccc56)c5ccc2c3c54)cc1. The van der Waals surface area contributed by atoms with E-state index in [9.17, 15) is 4.39 Å². The molecule has 53 heavy (non-hydrogen) atoms. The fourth-order valence-corrected chi connectivity index (χ4v) is 8.91. The highest BCUT2D eigenvalue weighted by molar-refractivity contribution is 6.33.